The molecule has 7 heteroatoms. The third-order valence-electron chi connectivity index (χ3n) is 10.3. The monoisotopic (exact) mass is 804 g/mol. The van der Waals surface area contributed by atoms with Gasteiger partial charge in [-0.25, -0.2) is 0 Å². The quantitative estimate of drug-likeness (QED) is 0.141. The van der Waals surface area contributed by atoms with Gasteiger partial charge in [0.25, 0.3) is 0 Å². The Morgan fingerprint density at radius 1 is 0.421 bits per heavy atom. The van der Waals surface area contributed by atoms with Gasteiger partial charge in [0.05, 0.1) is 11.8 Å². The molecular formula is C50H56FeN2O4+2. The van der Waals surface area contributed by atoms with E-state index in [9.17, 15) is 19.8 Å². The second kappa shape index (κ2) is 20.3. The number of amides is 2. The van der Waals surface area contributed by atoms with Crippen molar-refractivity contribution < 1.29 is 36.9 Å². The van der Waals surface area contributed by atoms with Crippen LogP contribution in [0.4, 0.5) is 0 Å². The molecule has 0 spiro atoms. The summed E-state index contributed by atoms with van der Waals surface area (Å²) in [4.78, 5) is 30.6. The molecule has 2 fully saturated rings. The summed E-state index contributed by atoms with van der Waals surface area (Å²) in [5.74, 6) is 2.18. The Morgan fingerprint density at radius 2 is 0.649 bits per heavy atom. The van der Waals surface area contributed by atoms with Crippen LogP contribution < -0.4 is 0 Å². The molecule has 296 valence electrons. The first-order chi connectivity index (χ1) is 26.7. The zero-order valence-electron chi connectivity index (χ0n) is 34.3. The molecule has 0 bridgehead atoms. The van der Waals surface area contributed by atoms with Crippen LogP contribution in [0.15, 0.2) is 121 Å². The molecule has 57 heavy (non-hydrogen) atoms. The Labute approximate surface area is 353 Å². The second-order valence-corrected chi connectivity index (χ2v) is 15.4. The van der Waals surface area contributed by atoms with E-state index in [-0.39, 0.29) is 53.1 Å². The van der Waals surface area contributed by atoms with Gasteiger partial charge in [-0.3, -0.25) is 9.59 Å². The summed E-state index contributed by atoms with van der Waals surface area (Å²) in [7, 11) is 0. The van der Waals surface area contributed by atoms with Crippen molar-refractivity contribution in [3.63, 3.8) is 0 Å². The molecule has 0 atom stereocenters. The first kappa shape index (κ1) is 46.0. The maximum atomic E-state index is 13.4. The predicted molar refractivity (Wildman–Crippen MR) is 225 cm³/mol. The normalized spacial score (nSPS) is 15.8. The SMILES string of the molecule is CC(C)N(C(=O)[C]1[CH][CH][CH][C]1C(O)(c1ccccc1)c1ccccc1)C(C)C.CC(C)N(C(=O)[C]1[CH][CH][CH][C]1C(O)(c1ccccc1)c1ccccc1)C(C)C.[Fe+2]. The molecule has 2 amide bonds. The third kappa shape index (κ3) is 9.77. The van der Waals surface area contributed by atoms with Gasteiger partial charge in [-0.2, -0.15) is 0 Å². The summed E-state index contributed by atoms with van der Waals surface area (Å²) in [6.45, 7) is 16.1. The van der Waals surface area contributed by atoms with Crippen molar-refractivity contribution in [2.24, 2.45) is 0 Å². The predicted octanol–water partition coefficient (Wildman–Crippen LogP) is 8.68. The molecule has 6 rings (SSSR count). The van der Waals surface area contributed by atoms with E-state index >= 15 is 0 Å². The van der Waals surface area contributed by atoms with Gasteiger partial charge in [0.2, 0.25) is 11.8 Å². The van der Waals surface area contributed by atoms with Gasteiger partial charge in [-0.15, -0.1) is 0 Å². The number of carbonyl (C=O) groups excluding carboxylic acids is 2. The average Bonchev–Trinajstić information content (AvgIpc) is 3.90. The number of hydrogen-bond acceptors (Lipinski definition) is 4. The van der Waals surface area contributed by atoms with Gasteiger partial charge in [-0.05, 0) is 116 Å². The first-order valence-corrected chi connectivity index (χ1v) is 19.6. The van der Waals surface area contributed by atoms with Crippen molar-refractivity contribution in [2.75, 3.05) is 0 Å². The van der Waals surface area contributed by atoms with Crippen LogP contribution in [0.25, 0.3) is 0 Å². The minimum atomic E-state index is -1.41. The standard InChI is InChI=1S/2C25H28NO2.Fe/c2*1-18(2)26(19(3)4)24(27)22-16-11-17-23(22)25(28,20-12-7-5-8-13-20)21-14-9-6-10-15-21;/h2*5-19,28H,1-4H3;/q;;+2. The summed E-state index contributed by atoms with van der Waals surface area (Å²) < 4.78 is 0. The van der Waals surface area contributed by atoms with Crippen LogP contribution in [0.1, 0.15) is 77.6 Å². The van der Waals surface area contributed by atoms with Crippen LogP contribution in [0, 0.1) is 62.2 Å². The molecule has 2 aliphatic rings. The molecule has 0 saturated heterocycles. The van der Waals surface area contributed by atoms with E-state index in [0.717, 1.165) is 22.3 Å². The Balaban J connectivity index is 0.000000248. The average molecular weight is 805 g/mol. The third-order valence-corrected chi connectivity index (χ3v) is 10.3. The largest absolute Gasteiger partial charge is 2.00 e. The van der Waals surface area contributed by atoms with Crippen LogP contribution in [0.2, 0.25) is 0 Å². The van der Waals surface area contributed by atoms with E-state index < -0.39 is 11.2 Å². The minimum absolute atomic E-state index is 0. The zero-order chi connectivity index (χ0) is 40.6. The molecule has 0 aliphatic heterocycles. The van der Waals surface area contributed by atoms with Crippen LogP contribution in [0.3, 0.4) is 0 Å². The molecule has 2 N–H and O–H groups in total. The van der Waals surface area contributed by atoms with Crippen molar-refractivity contribution >= 4 is 11.8 Å². The van der Waals surface area contributed by atoms with Crippen LogP contribution in [0.5, 0.6) is 0 Å². The van der Waals surface area contributed by atoms with Gasteiger partial charge in [-0.1, -0.05) is 121 Å². The van der Waals surface area contributed by atoms with Crippen LogP contribution in [-0.4, -0.2) is 56.0 Å². The molecule has 6 nitrogen and oxygen atoms in total. The van der Waals surface area contributed by atoms with Gasteiger partial charge in [0, 0.05) is 36.0 Å². The number of aliphatic hydroxyl groups is 2. The van der Waals surface area contributed by atoms with Gasteiger partial charge in [0.1, 0.15) is 11.2 Å². The summed E-state index contributed by atoms with van der Waals surface area (Å²) >= 11 is 0. The van der Waals surface area contributed by atoms with Crippen LogP contribution >= 0.6 is 0 Å². The summed E-state index contributed by atoms with van der Waals surface area (Å²) in [6, 6.07) is 38.4. The molecule has 4 aromatic carbocycles. The first-order valence-electron chi connectivity index (χ1n) is 19.6. The summed E-state index contributed by atoms with van der Waals surface area (Å²) in [6.07, 6.45) is 11.0. The van der Waals surface area contributed by atoms with Crippen molar-refractivity contribution in [1.82, 2.24) is 9.80 Å². The zero-order valence-corrected chi connectivity index (χ0v) is 35.4. The fourth-order valence-corrected chi connectivity index (χ4v) is 7.93. The topological polar surface area (TPSA) is 81.1 Å². The van der Waals surface area contributed by atoms with Gasteiger partial charge in [0.15, 0.2) is 0 Å². The molecule has 4 aromatic rings. The maximum Gasteiger partial charge on any atom is 2.00 e. The number of hydrogen-bond donors (Lipinski definition) is 2. The van der Waals surface area contributed by atoms with Crippen molar-refractivity contribution in [3.05, 3.63) is 206 Å². The maximum absolute atomic E-state index is 13.4. The molecule has 0 heterocycles. The molecule has 2 saturated carbocycles. The van der Waals surface area contributed by atoms with E-state index in [1.807, 2.05) is 225 Å². The van der Waals surface area contributed by atoms with Gasteiger partial charge < -0.3 is 20.0 Å². The molecule has 2 aliphatic carbocycles. The van der Waals surface area contributed by atoms with E-state index in [2.05, 4.69) is 0 Å². The Kier molecular flexibility index (Phi) is 16.4. The Hall–Kier alpha value is -3.74. The molecule has 10 radical (unpaired) electrons. The minimum Gasteiger partial charge on any atom is -0.380 e. The van der Waals surface area contributed by atoms with Crippen molar-refractivity contribution in [1.29, 1.82) is 0 Å². The molecule has 0 aromatic heterocycles. The number of rotatable bonds is 12. The Morgan fingerprint density at radius 3 is 0.860 bits per heavy atom. The summed E-state index contributed by atoms with van der Waals surface area (Å²) in [5, 5.41) is 24.1. The Bertz CT molecular complexity index is 1590. The summed E-state index contributed by atoms with van der Waals surface area (Å²) in [5.41, 5.74) is 0.140. The number of nitrogens with zero attached hydrogens (tertiary/aromatic N) is 2. The van der Waals surface area contributed by atoms with Crippen LogP contribution in [-0.2, 0) is 37.9 Å². The van der Waals surface area contributed by atoms with Crippen molar-refractivity contribution in [2.45, 2.75) is 90.8 Å². The van der Waals surface area contributed by atoms with E-state index in [1.54, 1.807) is 0 Å². The van der Waals surface area contributed by atoms with E-state index in [0.29, 0.717) is 23.7 Å². The molecular weight excluding hydrogens is 748 g/mol. The number of carbonyl (C=O) groups is 2. The van der Waals surface area contributed by atoms with Gasteiger partial charge >= 0.3 is 17.1 Å². The fraction of sp³-hybridized carbons (Fsp3) is 0.280. The van der Waals surface area contributed by atoms with E-state index in [1.165, 1.54) is 0 Å². The van der Waals surface area contributed by atoms with Crippen molar-refractivity contribution in [3.8, 4) is 0 Å². The fourth-order valence-electron chi connectivity index (χ4n) is 7.93. The molecule has 0 unspecified atom stereocenters. The second-order valence-electron chi connectivity index (χ2n) is 15.4. The smallest absolute Gasteiger partial charge is 0.380 e. The number of benzene rings is 4. The van der Waals surface area contributed by atoms with E-state index in [4.69, 9.17) is 0 Å².